The Morgan fingerprint density at radius 2 is 2.14 bits per heavy atom. The zero-order chi connectivity index (χ0) is 15.5. The number of methoxy groups -OCH3 is 1. The highest BCUT2D eigenvalue weighted by atomic mass is 16.5. The van der Waals surface area contributed by atoms with E-state index in [0.717, 1.165) is 29.3 Å². The van der Waals surface area contributed by atoms with E-state index >= 15 is 0 Å². The number of aromatic nitrogens is 1. The molecule has 2 aromatic rings. The monoisotopic (exact) mass is 301 g/mol. The predicted octanol–water partition coefficient (Wildman–Crippen LogP) is 1.71. The molecule has 0 bridgehead atoms. The number of aromatic amines is 1. The smallest absolute Gasteiger partial charge is 0.407 e. The van der Waals surface area contributed by atoms with Crippen LogP contribution in [0.15, 0.2) is 30.5 Å². The van der Waals surface area contributed by atoms with E-state index < -0.39 is 12.1 Å². The lowest BCUT2D eigenvalue weighted by atomic mass is 10.0. The normalized spacial score (nSPS) is 15.3. The summed E-state index contributed by atoms with van der Waals surface area (Å²) in [6.45, 7) is 0. The Hall–Kier alpha value is -2.50. The SMILES string of the molecule is COC(=O)N[C@@H](Cc1c[nH]c2ccccc12)C(=O)NC1CC1. The molecule has 3 rings (SSSR count). The number of rotatable bonds is 5. The number of para-hydroxylation sites is 1. The molecule has 6 heteroatoms. The number of carbonyl (C=O) groups excluding carboxylic acids is 2. The third-order valence-electron chi connectivity index (χ3n) is 3.82. The fourth-order valence-electron chi connectivity index (χ4n) is 2.46. The number of hydrogen-bond acceptors (Lipinski definition) is 3. The number of nitrogens with one attached hydrogen (secondary N) is 3. The van der Waals surface area contributed by atoms with Crippen molar-refractivity contribution in [3.8, 4) is 0 Å². The summed E-state index contributed by atoms with van der Waals surface area (Å²) in [6.07, 6.45) is 3.70. The van der Waals surface area contributed by atoms with Crippen molar-refractivity contribution in [2.24, 2.45) is 0 Å². The van der Waals surface area contributed by atoms with Crippen molar-refractivity contribution in [3.05, 3.63) is 36.0 Å². The zero-order valence-corrected chi connectivity index (χ0v) is 12.4. The van der Waals surface area contributed by atoms with Crippen LogP contribution in [0.2, 0.25) is 0 Å². The summed E-state index contributed by atoms with van der Waals surface area (Å²) in [5.41, 5.74) is 2.00. The highest BCUT2D eigenvalue weighted by molar-refractivity contribution is 5.88. The molecule has 1 atom stereocenters. The minimum atomic E-state index is -0.646. The maximum absolute atomic E-state index is 12.3. The molecule has 6 nitrogen and oxygen atoms in total. The molecule has 1 aliphatic rings. The second-order valence-electron chi connectivity index (χ2n) is 5.53. The number of ether oxygens (including phenoxy) is 1. The van der Waals surface area contributed by atoms with Gasteiger partial charge in [0, 0.05) is 29.6 Å². The lowest BCUT2D eigenvalue weighted by Gasteiger charge is -2.17. The summed E-state index contributed by atoms with van der Waals surface area (Å²) in [6, 6.07) is 7.48. The standard InChI is InChI=1S/C16H19N3O3/c1-22-16(21)19-14(15(20)18-11-6-7-11)8-10-9-17-13-5-3-2-4-12(10)13/h2-5,9,11,14,17H,6-8H2,1H3,(H,18,20)(H,19,21)/t14-/m0/s1. The summed E-state index contributed by atoms with van der Waals surface area (Å²) >= 11 is 0. The lowest BCUT2D eigenvalue weighted by molar-refractivity contribution is -0.123. The van der Waals surface area contributed by atoms with E-state index in [-0.39, 0.29) is 11.9 Å². The molecule has 0 unspecified atom stereocenters. The van der Waals surface area contributed by atoms with Gasteiger partial charge in [-0.15, -0.1) is 0 Å². The summed E-state index contributed by atoms with van der Waals surface area (Å²) in [7, 11) is 1.29. The fourth-order valence-corrected chi connectivity index (χ4v) is 2.46. The minimum absolute atomic E-state index is 0.168. The lowest BCUT2D eigenvalue weighted by Crippen LogP contribution is -2.48. The summed E-state index contributed by atoms with van der Waals surface area (Å²) in [5.74, 6) is -0.168. The zero-order valence-electron chi connectivity index (χ0n) is 12.4. The van der Waals surface area contributed by atoms with Crippen LogP contribution in [-0.2, 0) is 16.0 Å². The molecule has 0 radical (unpaired) electrons. The third kappa shape index (κ3) is 3.21. The molecule has 1 heterocycles. The Labute approximate surface area is 128 Å². The largest absolute Gasteiger partial charge is 0.453 e. The van der Waals surface area contributed by atoms with Crippen LogP contribution >= 0.6 is 0 Å². The maximum Gasteiger partial charge on any atom is 0.407 e. The van der Waals surface area contributed by atoms with Gasteiger partial charge in [0.15, 0.2) is 0 Å². The van der Waals surface area contributed by atoms with Crippen molar-refractivity contribution < 1.29 is 14.3 Å². The Morgan fingerprint density at radius 1 is 1.36 bits per heavy atom. The minimum Gasteiger partial charge on any atom is -0.453 e. The predicted molar refractivity (Wildman–Crippen MR) is 82.5 cm³/mol. The number of alkyl carbamates (subject to hydrolysis) is 1. The molecule has 0 saturated heterocycles. The average molecular weight is 301 g/mol. The molecule has 0 spiro atoms. The van der Waals surface area contributed by atoms with Crippen molar-refractivity contribution in [1.82, 2.24) is 15.6 Å². The first kappa shape index (κ1) is 14.4. The van der Waals surface area contributed by atoms with Crippen LogP contribution in [-0.4, -0.2) is 36.2 Å². The second kappa shape index (κ2) is 6.09. The van der Waals surface area contributed by atoms with Crippen LogP contribution in [0, 0.1) is 0 Å². The first-order valence-electron chi connectivity index (χ1n) is 7.37. The summed E-state index contributed by atoms with van der Waals surface area (Å²) < 4.78 is 4.62. The Kier molecular flexibility index (Phi) is 4.00. The number of H-pyrrole nitrogens is 1. The summed E-state index contributed by atoms with van der Waals surface area (Å²) in [5, 5.41) is 6.59. The van der Waals surface area contributed by atoms with E-state index in [4.69, 9.17) is 0 Å². The average Bonchev–Trinajstić information content (AvgIpc) is 3.25. The molecule has 1 saturated carbocycles. The van der Waals surface area contributed by atoms with Gasteiger partial charge in [-0.2, -0.15) is 0 Å². The molecule has 1 fully saturated rings. The van der Waals surface area contributed by atoms with Gasteiger partial charge in [0.1, 0.15) is 6.04 Å². The van der Waals surface area contributed by atoms with Crippen LogP contribution in [0.25, 0.3) is 10.9 Å². The van der Waals surface area contributed by atoms with Gasteiger partial charge in [-0.25, -0.2) is 4.79 Å². The number of fused-ring (bicyclic) bond motifs is 1. The van der Waals surface area contributed by atoms with E-state index in [0.29, 0.717) is 6.42 Å². The number of benzene rings is 1. The van der Waals surface area contributed by atoms with Crippen LogP contribution in [0.3, 0.4) is 0 Å². The first-order chi connectivity index (χ1) is 10.7. The van der Waals surface area contributed by atoms with Gasteiger partial charge in [-0.1, -0.05) is 18.2 Å². The quantitative estimate of drug-likeness (QED) is 0.786. The van der Waals surface area contributed by atoms with Crippen LogP contribution in [0.4, 0.5) is 4.79 Å². The van der Waals surface area contributed by atoms with Crippen molar-refractivity contribution >= 4 is 22.9 Å². The van der Waals surface area contributed by atoms with Gasteiger partial charge in [-0.05, 0) is 24.5 Å². The van der Waals surface area contributed by atoms with Gasteiger partial charge >= 0.3 is 6.09 Å². The molecular weight excluding hydrogens is 282 g/mol. The van der Waals surface area contributed by atoms with E-state index in [1.165, 1.54) is 7.11 Å². The third-order valence-corrected chi connectivity index (χ3v) is 3.82. The van der Waals surface area contributed by atoms with Crippen LogP contribution < -0.4 is 10.6 Å². The Balaban J connectivity index is 1.78. The molecule has 22 heavy (non-hydrogen) atoms. The number of hydrogen-bond donors (Lipinski definition) is 3. The molecule has 3 N–H and O–H groups in total. The molecule has 0 aliphatic heterocycles. The number of carbonyl (C=O) groups is 2. The van der Waals surface area contributed by atoms with Crippen molar-refractivity contribution in [2.45, 2.75) is 31.3 Å². The molecule has 1 aliphatic carbocycles. The van der Waals surface area contributed by atoms with Gasteiger partial charge in [-0.3, -0.25) is 4.79 Å². The van der Waals surface area contributed by atoms with E-state index in [1.54, 1.807) is 0 Å². The number of amides is 2. The topological polar surface area (TPSA) is 83.2 Å². The van der Waals surface area contributed by atoms with Crippen LogP contribution in [0.1, 0.15) is 18.4 Å². The Morgan fingerprint density at radius 3 is 2.86 bits per heavy atom. The second-order valence-corrected chi connectivity index (χ2v) is 5.53. The maximum atomic E-state index is 12.3. The summed E-state index contributed by atoms with van der Waals surface area (Å²) in [4.78, 5) is 27.0. The van der Waals surface area contributed by atoms with E-state index in [9.17, 15) is 9.59 Å². The van der Waals surface area contributed by atoms with Crippen molar-refractivity contribution in [1.29, 1.82) is 0 Å². The molecule has 2 amide bonds. The van der Waals surface area contributed by atoms with Gasteiger partial charge in [0.25, 0.3) is 0 Å². The molecule has 1 aromatic heterocycles. The van der Waals surface area contributed by atoms with Gasteiger partial charge < -0.3 is 20.4 Å². The fraction of sp³-hybridized carbons (Fsp3) is 0.375. The van der Waals surface area contributed by atoms with Gasteiger partial charge in [0.05, 0.1) is 7.11 Å². The highest BCUT2D eigenvalue weighted by Gasteiger charge is 2.29. The molecule has 116 valence electrons. The van der Waals surface area contributed by atoms with Crippen LogP contribution in [0.5, 0.6) is 0 Å². The van der Waals surface area contributed by atoms with E-state index in [1.807, 2.05) is 30.5 Å². The first-order valence-corrected chi connectivity index (χ1v) is 7.37. The van der Waals surface area contributed by atoms with Gasteiger partial charge in [0.2, 0.25) is 5.91 Å². The molecule has 1 aromatic carbocycles. The Bertz CT molecular complexity index is 691. The van der Waals surface area contributed by atoms with Crippen molar-refractivity contribution in [2.75, 3.05) is 7.11 Å². The van der Waals surface area contributed by atoms with E-state index in [2.05, 4.69) is 20.4 Å². The van der Waals surface area contributed by atoms with Crippen molar-refractivity contribution in [3.63, 3.8) is 0 Å². The molecular formula is C16H19N3O3. The highest BCUT2D eigenvalue weighted by Crippen LogP contribution is 2.21.